The van der Waals surface area contributed by atoms with E-state index in [0.29, 0.717) is 12.1 Å². The Bertz CT molecular complexity index is 729. The Morgan fingerprint density at radius 3 is 2.38 bits per heavy atom. The van der Waals surface area contributed by atoms with Gasteiger partial charge in [-0.05, 0) is 43.2 Å². The van der Waals surface area contributed by atoms with Gasteiger partial charge in [-0.2, -0.15) is 0 Å². The largest absolute Gasteiger partial charge is 0.397 e. The van der Waals surface area contributed by atoms with Crippen LogP contribution in [0.4, 0.5) is 11.4 Å². The lowest BCUT2D eigenvalue weighted by atomic mass is 10.1. The average molecular weight is 397 g/mol. The molecule has 142 valence electrons. The van der Waals surface area contributed by atoms with Gasteiger partial charge >= 0.3 is 0 Å². The zero-order valence-corrected chi connectivity index (χ0v) is 16.8. The van der Waals surface area contributed by atoms with E-state index in [1.54, 1.807) is 12.3 Å². The number of aromatic nitrogens is 1. The number of piperazine rings is 1. The number of rotatable bonds is 3. The van der Waals surface area contributed by atoms with Crippen LogP contribution < -0.4 is 10.6 Å². The van der Waals surface area contributed by atoms with Gasteiger partial charge in [0, 0.05) is 37.6 Å². The molecular formula is C19H26Cl2N4O. The van der Waals surface area contributed by atoms with Crippen LogP contribution in [0.25, 0.3) is 0 Å². The molecule has 0 bridgehead atoms. The molecule has 1 aliphatic heterocycles. The average Bonchev–Trinajstić information content (AvgIpc) is 2.59. The number of hydrogen-bond acceptors (Lipinski definition) is 4. The Morgan fingerprint density at radius 2 is 1.77 bits per heavy atom. The molecule has 26 heavy (non-hydrogen) atoms. The van der Waals surface area contributed by atoms with Crippen molar-refractivity contribution in [2.24, 2.45) is 0 Å². The maximum absolute atomic E-state index is 12.5. The molecule has 7 heteroatoms. The van der Waals surface area contributed by atoms with Gasteiger partial charge in [-0.25, -0.2) is 0 Å². The SMILES string of the molecule is Cc1cccc(N2CCN(C(=O)Cc3ccc(N)cn3)CC2)c1C.Cl.Cl. The topological polar surface area (TPSA) is 62.5 Å². The van der Waals surface area contributed by atoms with Crippen molar-refractivity contribution < 1.29 is 4.79 Å². The maximum atomic E-state index is 12.5. The number of amides is 1. The summed E-state index contributed by atoms with van der Waals surface area (Å²) in [7, 11) is 0. The molecule has 1 aromatic heterocycles. The van der Waals surface area contributed by atoms with Crippen molar-refractivity contribution in [2.75, 3.05) is 36.8 Å². The molecule has 2 N–H and O–H groups in total. The van der Waals surface area contributed by atoms with Gasteiger partial charge in [0.05, 0.1) is 18.3 Å². The number of halogens is 2. The first-order valence-corrected chi connectivity index (χ1v) is 8.34. The van der Waals surface area contributed by atoms with Crippen LogP contribution in [0, 0.1) is 13.8 Å². The van der Waals surface area contributed by atoms with Crippen LogP contribution in [-0.4, -0.2) is 42.0 Å². The van der Waals surface area contributed by atoms with E-state index in [-0.39, 0.29) is 30.7 Å². The predicted molar refractivity (Wildman–Crippen MR) is 112 cm³/mol. The minimum absolute atomic E-state index is 0. The summed E-state index contributed by atoms with van der Waals surface area (Å²) in [5.41, 5.74) is 10.9. The maximum Gasteiger partial charge on any atom is 0.228 e. The highest BCUT2D eigenvalue weighted by Crippen LogP contribution is 2.24. The summed E-state index contributed by atoms with van der Waals surface area (Å²) in [6.07, 6.45) is 1.94. The molecule has 5 nitrogen and oxygen atoms in total. The molecule has 0 aliphatic carbocycles. The quantitative estimate of drug-likeness (QED) is 0.865. The van der Waals surface area contributed by atoms with Gasteiger partial charge in [0.2, 0.25) is 5.91 Å². The van der Waals surface area contributed by atoms with Crippen LogP contribution >= 0.6 is 24.8 Å². The summed E-state index contributed by atoms with van der Waals surface area (Å²) in [5.74, 6) is 0.132. The first-order valence-electron chi connectivity index (χ1n) is 8.34. The Hall–Kier alpha value is -1.98. The van der Waals surface area contributed by atoms with E-state index in [0.717, 1.165) is 31.9 Å². The second kappa shape index (κ2) is 9.64. The highest BCUT2D eigenvalue weighted by molar-refractivity contribution is 5.85. The zero-order chi connectivity index (χ0) is 17.1. The number of benzene rings is 1. The van der Waals surface area contributed by atoms with Crippen molar-refractivity contribution in [3.05, 3.63) is 53.3 Å². The van der Waals surface area contributed by atoms with E-state index in [2.05, 4.69) is 41.9 Å². The third-order valence-electron chi connectivity index (χ3n) is 4.73. The second-order valence-electron chi connectivity index (χ2n) is 6.35. The Kier molecular flexibility index (Phi) is 8.18. The molecule has 3 rings (SSSR count). The van der Waals surface area contributed by atoms with Crippen molar-refractivity contribution >= 4 is 42.1 Å². The molecule has 0 radical (unpaired) electrons. The van der Waals surface area contributed by atoms with E-state index < -0.39 is 0 Å². The molecule has 0 spiro atoms. The van der Waals surface area contributed by atoms with E-state index in [9.17, 15) is 4.79 Å². The van der Waals surface area contributed by atoms with Gasteiger partial charge in [0.15, 0.2) is 0 Å². The van der Waals surface area contributed by atoms with E-state index >= 15 is 0 Å². The zero-order valence-electron chi connectivity index (χ0n) is 15.1. The van der Waals surface area contributed by atoms with E-state index in [4.69, 9.17) is 5.73 Å². The van der Waals surface area contributed by atoms with Gasteiger partial charge < -0.3 is 15.5 Å². The summed E-state index contributed by atoms with van der Waals surface area (Å²) >= 11 is 0. The Balaban J connectivity index is 0.00000169. The lowest BCUT2D eigenvalue weighted by Crippen LogP contribution is -2.49. The van der Waals surface area contributed by atoms with E-state index in [1.165, 1.54) is 16.8 Å². The smallest absolute Gasteiger partial charge is 0.228 e. The van der Waals surface area contributed by atoms with Crippen LogP contribution in [0.2, 0.25) is 0 Å². The van der Waals surface area contributed by atoms with Crippen molar-refractivity contribution in [2.45, 2.75) is 20.3 Å². The third-order valence-corrected chi connectivity index (χ3v) is 4.73. The van der Waals surface area contributed by atoms with Gasteiger partial charge in [-0.15, -0.1) is 24.8 Å². The lowest BCUT2D eigenvalue weighted by Gasteiger charge is -2.37. The van der Waals surface area contributed by atoms with Crippen LogP contribution in [0.5, 0.6) is 0 Å². The summed E-state index contributed by atoms with van der Waals surface area (Å²) in [4.78, 5) is 21.0. The predicted octanol–water partition coefficient (Wildman–Crippen LogP) is 3.02. The van der Waals surface area contributed by atoms with Crippen molar-refractivity contribution in [3.63, 3.8) is 0 Å². The fourth-order valence-electron chi connectivity index (χ4n) is 3.08. The summed E-state index contributed by atoms with van der Waals surface area (Å²) < 4.78 is 0. The molecule has 1 fully saturated rings. The summed E-state index contributed by atoms with van der Waals surface area (Å²) in [6, 6.07) is 10.0. The number of nitrogens with zero attached hydrogens (tertiary/aromatic N) is 3. The number of pyridine rings is 1. The molecule has 2 aromatic rings. The Labute approximate surface area is 167 Å². The number of nitrogens with two attached hydrogens (primary N) is 1. The normalized spacial score (nSPS) is 13.6. The summed E-state index contributed by atoms with van der Waals surface area (Å²) in [5, 5.41) is 0. The van der Waals surface area contributed by atoms with Gasteiger partial charge in [-0.3, -0.25) is 9.78 Å². The second-order valence-corrected chi connectivity index (χ2v) is 6.35. The number of carbonyl (C=O) groups excluding carboxylic acids is 1. The molecule has 2 heterocycles. The lowest BCUT2D eigenvalue weighted by molar-refractivity contribution is -0.130. The number of aryl methyl sites for hydroxylation is 1. The first kappa shape index (κ1) is 22.1. The number of anilines is 2. The minimum atomic E-state index is 0. The van der Waals surface area contributed by atoms with Crippen LogP contribution in [0.1, 0.15) is 16.8 Å². The highest BCUT2D eigenvalue weighted by Gasteiger charge is 2.22. The van der Waals surface area contributed by atoms with Crippen LogP contribution in [0.15, 0.2) is 36.5 Å². The highest BCUT2D eigenvalue weighted by atomic mass is 35.5. The van der Waals surface area contributed by atoms with Gasteiger partial charge in [-0.1, -0.05) is 12.1 Å². The number of hydrogen-bond donors (Lipinski definition) is 1. The van der Waals surface area contributed by atoms with E-state index in [1.807, 2.05) is 11.0 Å². The minimum Gasteiger partial charge on any atom is -0.397 e. The monoisotopic (exact) mass is 396 g/mol. The Morgan fingerprint density at radius 1 is 1.08 bits per heavy atom. The van der Waals surface area contributed by atoms with Gasteiger partial charge in [0.1, 0.15) is 0 Å². The number of nitrogen functional groups attached to an aromatic ring is 1. The number of carbonyl (C=O) groups is 1. The molecule has 0 atom stereocenters. The first-order chi connectivity index (χ1) is 11.5. The molecule has 1 amide bonds. The molecule has 1 saturated heterocycles. The third kappa shape index (κ3) is 5.02. The van der Waals surface area contributed by atoms with Crippen molar-refractivity contribution in [1.29, 1.82) is 0 Å². The molecule has 0 unspecified atom stereocenters. The van der Waals surface area contributed by atoms with Crippen LogP contribution in [-0.2, 0) is 11.2 Å². The fraction of sp³-hybridized carbons (Fsp3) is 0.368. The summed E-state index contributed by atoms with van der Waals surface area (Å²) in [6.45, 7) is 7.53. The molecule has 0 saturated carbocycles. The van der Waals surface area contributed by atoms with Crippen molar-refractivity contribution in [3.8, 4) is 0 Å². The fourth-order valence-corrected chi connectivity index (χ4v) is 3.08. The van der Waals surface area contributed by atoms with Crippen LogP contribution in [0.3, 0.4) is 0 Å². The standard InChI is InChI=1S/C19H24N4O.2ClH/c1-14-4-3-5-18(15(14)2)22-8-10-23(11-9-22)19(24)12-17-7-6-16(20)13-21-17;;/h3-7,13H,8-12,20H2,1-2H3;2*1H. The molecule has 1 aliphatic rings. The molecule has 1 aromatic carbocycles. The molecular weight excluding hydrogens is 371 g/mol. The van der Waals surface area contributed by atoms with Gasteiger partial charge in [0.25, 0.3) is 0 Å². The van der Waals surface area contributed by atoms with Crippen molar-refractivity contribution in [1.82, 2.24) is 9.88 Å².